The van der Waals surface area contributed by atoms with Crippen LogP contribution in [0, 0.1) is 0 Å². The van der Waals surface area contributed by atoms with Gasteiger partial charge in [-0.3, -0.25) is 4.90 Å². The molecule has 0 amide bonds. The maximum absolute atomic E-state index is 10.0. The number of thiazole rings is 1. The average Bonchev–Trinajstić information content (AvgIpc) is 3.57. The van der Waals surface area contributed by atoms with Crippen molar-refractivity contribution in [3.63, 3.8) is 0 Å². The quantitative estimate of drug-likeness (QED) is 0.406. The Morgan fingerprint density at radius 3 is 2.76 bits per heavy atom. The van der Waals surface area contributed by atoms with Crippen LogP contribution in [-0.2, 0) is 6.42 Å². The van der Waals surface area contributed by atoms with E-state index in [1.54, 1.807) is 11.3 Å². The van der Waals surface area contributed by atoms with Crippen molar-refractivity contribution in [3.05, 3.63) is 59.3 Å². The number of aliphatic hydroxyl groups is 1. The molecular formula is C29H36N2O2S. The maximum atomic E-state index is 10.0. The molecule has 0 radical (unpaired) electrons. The van der Waals surface area contributed by atoms with E-state index in [2.05, 4.69) is 69.0 Å². The molecule has 180 valence electrons. The van der Waals surface area contributed by atoms with Gasteiger partial charge < -0.3 is 9.84 Å². The molecular weight excluding hydrogens is 440 g/mol. The first-order valence-corrected chi connectivity index (χ1v) is 13.6. The molecule has 1 aromatic heterocycles. The second-order valence-electron chi connectivity index (χ2n) is 10.1. The summed E-state index contributed by atoms with van der Waals surface area (Å²) in [5.41, 5.74) is 6.66. The lowest BCUT2D eigenvalue weighted by Gasteiger charge is -2.24. The Bertz CT molecular complexity index is 1150. The van der Waals surface area contributed by atoms with Gasteiger partial charge in [0.1, 0.15) is 10.8 Å². The minimum atomic E-state index is -0.172. The molecule has 3 atom stereocenters. The van der Waals surface area contributed by atoms with Crippen LogP contribution in [0.2, 0.25) is 0 Å². The molecule has 3 aromatic rings. The summed E-state index contributed by atoms with van der Waals surface area (Å²) in [6, 6.07) is 13.7. The Morgan fingerprint density at radius 1 is 1.18 bits per heavy atom. The van der Waals surface area contributed by atoms with Gasteiger partial charge in [-0.2, -0.15) is 0 Å². The van der Waals surface area contributed by atoms with Gasteiger partial charge in [-0.05, 0) is 85.9 Å². The molecule has 5 rings (SSSR count). The fraction of sp³-hybridized carbons (Fsp3) is 0.483. The Balaban J connectivity index is 1.45. The SMILES string of the molecule is CCC(C)c1cc(-c2ncc(-c3cccc4c3CCC4N3CCC(O)C3)s2)ccc1OC(C)C. The third-order valence-electron chi connectivity index (χ3n) is 7.41. The number of aliphatic hydroxyl groups excluding tert-OH is 1. The number of hydrogen-bond donors (Lipinski definition) is 1. The number of aromatic nitrogens is 1. The summed E-state index contributed by atoms with van der Waals surface area (Å²) in [5.74, 6) is 1.43. The van der Waals surface area contributed by atoms with Crippen LogP contribution in [0.15, 0.2) is 42.6 Å². The molecule has 1 fully saturated rings. The third-order valence-corrected chi connectivity index (χ3v) is 8.49. The molecule has 0 bridgehead atoms. The van der Waals surface area contributed by atoms with Crippen molar-refractivity contribution in [2.45, 2.75) is 77.5 Å². The highest BCUT2D eigenvalue weighted by Crippen LogP contribution is 2.44. The minimum Gasteiger partial charge on any atom is -0.491 e. The highest BCUT2D eigenvalue weighted by atomic mass is 32.1. The summed E-state index contributed by atoms with van der Waals surface area (Å²) < 4.78 is 6.11. The summed E-state index contributed by atoms with van der Waals surface area (Å²) in [4.78, 5) is 8.55. The van der Waals surface area contributed by atoms with Gasteiger partial charge in [-0.1, -0.05) is 32.0 Å². The van der Waals surface area contributed by atoms with Crippen LogP contribution in [0.3, 0.4) is 0 Å². The zero-order valence-corrected chi connectivity index (χ0v) is 21.6. The van der Waals surface area contributed by atoms with Gasteiger partial charge in [0, 0.05) is 30.9 Å². The summed E-state index contributed by atoms with van der Waals surface area (Å²) in [6.07, 6.45) is 6.23. The molecule has 34 heavy (non-hydrogen) atoms. The van der Waals surface area contributed by atoms with E-state index < -0.39 is 0 Å². The van der Waals surface area contributed by atoms with Crippen molar-refractivity contribution in [1.29, 1.82) is 0 Å². The molecule has 3 unspecified atom stereocenters. The average molecular weight is 477 g/mol. The number of benzene rings is 2. The van der Waals surface area contributed by atoms with Crippen LogP contribution in [0.5, 0.6) is 5.75 Å². The van der Waals surface area contributed by atoms with Gasteiger partial charge >= 0.3 is 0 Å². The lowest BCUT2D eigenvalue weighted by Crippen LogP contribution is -2.26. The number of β-amino-alcohol motifs (C(OH)–C–C–N with tert-alkyl or cyclic N) is 1. The highest BCUT2D eigenvalue weighted by Gasteiger charge is 2.33. The van der Waals surface area contributed by atoms with Crippen molar-refractivity contribution in [3.8, 4) is 26.8 Å². The standard InChI is InChI=1S/C29H36N2O2S/c1-5-19(4)25-15-20(9-12-27(25)33-18(2)3)29-30-16-28(34-29)24-8-6-7-23-22(24)10-11-26(23)31-14-13-21(32)17-31/h6-9,12,15-16,18-19,21,26,32H,5,10-11,13-14,17H2,1-4H3. The van der Waals surface area contributed by atoms with Gasteiger partial charge in [-0.25, -0.2) is 4.98 Å². The van der Waals surface area contributed by atoms with Crippen LogP contribution in [0.4, 0.5) is 0 Å². The molecule has 0 saturated carbocycles. The first kappa shape index (κ1) is 23.5. The monoisotopic (exact) mass is 476 g/mol. The summed E-state index contributed by atoms with van der Waals surface area (Å²) >= 11 is 1.78. The van der Waals surface area contributed by atoms with Crippen LogP contribution in [-0.4, -0.2) is 40.3 Å². The van der Waals surface area contributed by atoms with Gasteiger partial charge in [0.25, 0.3) is 0 Å². The zero-order valence-electron chi connectivity index (χ0n) is 20.8. The Hall–Kier alpha value is -2.21. The molecule has 5 heteroatoms. The second kappa shape index (κ2) is 9.80. The predicted octanol–water partition coefficient (Wildman–Crippen LogP) is 6.83. The molecule has 1 aliphatic carbocycles. The van der Waals surface area contributed by atoms with Crippen molar-refractivity contribution in [1.82, 2.24) is 9.88 Å². The lowest BCUT2D eigenvalue weighted by atomic mass is 9.96. The number of hydrogen-bond acceptors (Lipinski definition) is 5. The van der Waals surface area contributed by atoms with Gasteiger partial charge in [0.05, 0.1) is 17.1 Å². The van der Waals surface area contributed by atoms with Gasteiger partial charge in [0.15, 0.2) is 0 Å². The summed E-state index contributed by atoms with van der Waals surface area (Å²) in [6.45, 7) is 10.4. The zero-order chi connectivity index (χ0) is 23.8. The fourth-order valence-electron chi connectivity index (χ4n) is 5.47. The summed E-state index contributed by atoms with van der Waals surface area (Å²) in [5, 5.41) is 11.1. The maximum Gasteiger partial charge on any atom is 0.123 e. The molecule has 1 saturated heterocycles. The van der Waals surface area contributed by atoms with E-state index in [9.17, 15) is 5.11 Å². The van der Waals surface area contributed by atoms with Gasteiger partial charge in [0.2, 0.25) is 0 Å². The van der Waals surface area contributed by atoms with E-state index in [1.165, 1.54) is 32.7 Å². The van der Waals surface area contributed by atoms with Crippen LogP contribution >= 0.6 is 11.3 Å². The van der Waals surface area contributed by atoms with E-state index in [-0.39, 0.29) is 12.2 Å². The molecule has 4 nitrogen and oxygen atoms in total. The van der Waals surface area contributed by atoms with Crippen molar-refractivity contribution in [2.75, 3.05) is 13.1 Å². The highest BCUT2D eigenvalue weighted by molar-refractivity contribution is 7.18. The van der Waals surface area contributed by atoms with Gasteiger partial charge in [-0.15, -0.1) is 11.3 Å². The second-order valence-corrected chi connectivity index (χ2v) is 11.2. The molecule has 0 spiro atoms. The van der Waals surface area contributed by atoms with Crippen molar-refractivity contribution in [2.24, 2.45) is 0 Å². The fourth-order valence-corrected chi connectivity index (χ4v) is 6.44. The van der Waals surface area contributed by atoms with E-state index in [4.69, 9.17) is 9.72 Å². The minimum absolute atomic E-state index is 0.160. The molecule has 2 aliphatic rings. The molecule has 2 heterocycles. The van der Waals surface area contributed by atoms with E-state index >= 15 is 0 Å². The Kier molecular flexibility index (Phi) is 6.79. The number of rotatable bonds is 7. The first-order chi connectivity index (χ1) is 16.4. The molecule has 2 aromatic carbocycles. The predicted molar refractivity (Wildman–Crippen MR) is 141 cm³/mol. The largest absolute Gasteiger partial charge is 0.491 e. The summed E-state index contributed by atoms with van der Waals surface area (Å²) in [7, 11) is 0. The van der Waals surface area contributed by atoms with Crippen LogP contribution in [0.25, 0.3) is 21.0 Å². The van der Waals surface area contributed by atoms with Crippen LogP contribution in [0.1, 0.15) is 75.6 Å². The van der Waals surface area contributed by atoms with Crippen molar-refractivity contribution >= 4 is 11.3 Å². The normalized spacial score (nSPS) is 21.2. The third kappa shape index (κ3) is 4.53. The smallest absolute Gasteiger partial charge is 0.123 e. The topological polar surface area (TPSA) is 45.6 Å². The van der Waals surface area contributed by atoms with Crippen molar-refractivity contribution < 1.29 is 9.84 Å². The molecule has 1 aliphatic heterocycles. The number of nitrogens with zero attached hydrogens (tertiary/aromatic N) is 2. The number of fused-ring (bicyclic) bond motifs is 1. The number of ether oxygens (including phenoxy) is 1. The number of likely N-dealkylation sites (tertiary alicyclic amines) is 1. The van der Waals surface area contributed by atoms with E-state index in [0.29, 0.717) is 12.0 Å². The van der Waals surface area contributed by atoms with Crippen LogP contribution < -0.4 is 4.74 Å². The first-order valence-electron chi connectivity index (χ1n) is 12.8. The lowest BCUT2D eigenvalue weighted by molar-refractivity contribution is 0.159. The Morgan fingerprint density at radius 2 is 2.03 bits per heavy atom. The molecule has 1 N–H and O–H groups in total. The van der Waals surface area contributed by atoms with E-state index in [0.717, 1.165) is 49.5 Å². The Labute approximate surface area is 207 Å². The van der Waals surface area contributed by atoms with E-state index in [1.807, 2.05) is 6.20 Å².